The van der Waals surface area contributed by atoms with Crippen LogP contribution in [0.1, 0.15) is 18.9 Å². The molecule has 2 rings (SSSR count). The SMILES string of the molecule is CCCNc1ncc(Cl)c(Oc2cccc(COC)c2)n1. The molecule has 0 aliphatic rings. The first kappa shape index (κ1) is 15.5. The molecule has 0 fully saturated rings. The van der Waals surface area contributed by atoms with Crippen molar-refractivity contribution in [3.8, 4) is 11.6 Å². The summed E-state index contributed by atoms with van der Waals surface area (Å²) < 4.78 is 10.8. The second-order valence-electron chi connectivity index (χ2n) is 4.46. The Morgan fingerprint density at radius 1 is 1.33 bits per heavy atom. The lowest BCUT2D eigenvalue weighted by Gasteiger charge is -2.09. The molecule has 1 N–H and O–H groups in total. The van der Waals surface area contributed by atoms with Crippen molar-refractivity contribution in [2.75, 3.05) is 19.0 Å². The molecule has 0 bridgehead atoms. The third-order valence-corrected chi connectivity index (χ3v) is 2.93. The minimum Gasteiger partial charge on any atom is -0.437 e. The second kappa shape index (κ2) is 7.81. The summed E-state index contributed by atoms with van der Waals surface area (Å²) in [5.74, 6) is 1.50. The van der Waals surface area contributed by atoms with Crippen LogP contribution in [0.15, 0.2) is 30.5 Å². The number of benzene rings is 1. The fraction of sp³-hybridized carbons (Fsp3) is 0.333. The van der Waals surface area contributed by atoms with Crippen molar-refractivity contribution in [1.29, 1.82) is 0 Å². The Hall–Kier alpha value is -1.85. The number of ether oxygens (including phenoxy) is 2. The largest absolute Gasteiger partial charge is 0.437 e. The number of methoxy groups -OCH3 is 1. The van der Waals surface area contributed by atoms with Crippen LogP contribution in [-0.2, 0) is 11.3 Å². The van der Waals surface area contributed by atoms with E-state index in [0.717, 1.165) is 18.5 Å². The highest BCUT2D eigenvalue weighted by atomic mass is 35.5. The molecule has 5 nitrogen and oxygen atoms in total. The molecule has 0 amide bonds. The first-order valence-corrected chi connectivity index (χ1v) is 7.13. The highest BCUT2D eigenvalue weighted by Gasteiger charge is 2.08. The van der Waals surface area contributed by atoms with Crippen molar-refractivity contribution in [1.82, 2.24) is 9.97 Å². The van der Waals surface area contributed by atoms with Crippen molar-refractivity contribution >= 4 is 17.5 Å². The van der Waals surface area contributed by atoms with E-state index in [1.165, 1.54) is 6.20 Å². The molecule has 0 spiro atoms. The molecular weight excluding hydrogens is 290 g/mol. The Morgan fingerprint density at radius 3 is 2.95 bits per heavy atom. The third-order valence-electron chi connectivity index (χ3n) is 2.67. The van der Waals surface area contributed by atoms with Crippen molar-refractivity contribution in [3.63, 3.8) is 0 Å². The maximum absolute atomic E-state index is 6.08. The molecule has 2 aromatic rings. The lowest BCUT2D eigenvalue weighted by molar-refractivity contribution is 0.184. The van der Waals surface area contributed by atoms with Gasteiger partial charge >= 0.3 is 0 Å². The molecule has 1 heterocycles. The lowest BCUT2D eigenvalue weighted by atomic mass is 10.2. The average Bonchev–Trinajstić information content (AvgIpc) is 2.49. The van der Waals surface area contributed by atoms with Crippen LogP contribution < -0.4 is 10.1 Å². The highest BCUT2D eigenvalue weighted by Crippen LogP contribution is 2.28. The fourth-order valence-corrected chi connectivity index (χ4v) is 1.85. The second-order valence-corrected chi connectivity index (χ2v) is 4.86. The minimum absolute atomic E-state index is 0.333. The minimum atomic E-state index is 0.333. The van der Waals surface area contributed by atoms with E-state index in [9.17, 15) is 0 Å². The summed E-state index contributed by atoms with van der Waals surface area (Å²) in [5, 5.41) is 3.47. The van der Waals surface area contributed by atoms with Crippen LogP contribution >= 0.6 is 11.6 Å². The zero-order chi connectivity index (χ0) is 15.1. The first-order chi connectivity index (χ1) is 10.2. The highest BCUT2D eigenvalue weighted by molar-refractivity contribution is 6.31. The molecule has 0 unspecified atom stereocenters. The molecule has 112 valence electrons. The van der Waals surface area contributed by atoms with E-state index in [1.54, 1.807) is 7.11 Å². The maximum Gasteiger partial charge on any atom is 0.243 e. The lowest BCUT2D eigenvalue weighted by Crippen LogP contribution is -2.04. The molecule has 0 aliphatic heterocycles. The van der Waals surface area contributed by atoms with Gasteiger partial charge in [0.15, 0.2) is 0 Å². The smallest absolute Gasteiger partial charge is 0.243 e. The molecular formula is C15H18ClN3O2. The Kier molecular flexibility index (Phi) is 5.78. The van der Waals surface area contributed by atoms with E-state index in [1.807, 2.05) is 24.3 Å². The number of rotatable bonds is 7. The van der Waals surface area contributed by atoms with E-state index in [0.29, 0.717) is 29.2 Å². The molecule has 0 aliphatic carbocycles. The van der Waals surface area contributed by atoms with Gasteiger partial charge in [0.2, 0.25) is 11.8 Å². The summed E-state index contributed by atoms with van der Waals surface area (Å²) in [4.78, 5) is 8.38. The number of aromatic nitrogens is 2. The van der Waals surface area contributed by atoms with Crippen molar-refractivity contribution in [2.24, 2.45) is 0 Å². The van der Waals surface area contributed by atoms with Gasteiger partial charge in [-0.25, -0.2) is 4.98 Å². The average molecular weight is 308 g/mol. The van der Waals surface area contributed by atoms with E-state index < -0.39 is 0 Å². The predicted molar refractivity (Wildman–Crippen MR) is 83.1 cm³/mol. The van der Waals surface area contributed by atoms with Crippen LogP contribution in [0, 0.1) is 0 Å². The standard InChI is InChI=1S/C15H18ClN3O2/c1-3-7-17-15-18-9-13(16)14(19-15)21-12-6-4-5-11(8-12)10-20-2/h4-6,8-9H,3,7,10H2,1-2H3,(H,17,18,19). The molecule has 0 atom stereocenters. The zero-order valence-corrected chi connectivity index (χ0v) is 12.9. The van der Waals surface area contributed by atoms with E-state index in [2.05, 4.69) is 22.2 Å². The Labute approximate surface area is 129 Å². The van der Waals surface area contributed by atoms with Gasteiger partial charge in [-0.3, -0.25) is 0 Å². The number of anilines is 1. The predicted octanol–water partition coefficient (Wildman–Crippen LogP) is 3.89. The van der Waals surface area contributed by atoms with E-state index in [4.69, 9.17) is 21.1 Å². The summed E-state index contributed by atoms with van der Waals surface area (Å²) in [6, 6.07) is 7.60. The number of nitrogens with zero attached hydrogens (tertiary/aromatic N) is 2. The molecule has 0 saturated carbocycles. The van der Waals surface area contributed by atoms with Gasteiger partial charge in [0, 0.05) is 13.7 Å². The molecule has 21 heavy (non-hydrogen) atoms. The van der Waals surface area contributed by atoms with Gasteiger partial charge in [-0.2, -0.15) is 4.98 Å². The number of nitrogens with one attached hydrogen (secondary N) is 1. The summed E-state index contributed by atoms with van der Waals surface area (Å²) in [5.41, 5.74) is 1.02. The van der Waals surface area contributed by atoms with Crippen molar-refractivity contribution < 1.29 is 9.47 Å². The number of hydrogen-bond donors (Lipinski definition) is 1. The van der Waals surface area contributed by atoms with Crippen LogP contribution in [0.2, 0.25) is 5.02 Å². The quantitative estimate of drug-likeness (QED) is 0.841. The third kappa shape index (κ3) is 4.58. The monoisotopic (exact) mass is 307 g/mol. The van der Waals surface area contributed by atoms with E-state index >= 15 is 0 Å². The molecule has 1 aromatic carbocycles. The van der Waals surface area contributed by atoms with Crippen LogP contribution in [0.25, 0.3) is 0 Å². The van der Waals surface area contributed by atoms with Crippen LogP contribution in [0.4, 0.5) is 5.95 Å². The van der Waals surface area contributed by atoms with Crippen molar-refractivity contribution in [3.05, 3.63) is 41.0 Å². The summed E-state index contributed by atoms with van der Waals surface area (Å²) in [6.45, 7) is 3.39. The first-order valence-electron chi connectivity index (χ1n) is 6.75. The number of hydrogen-bond acceptors (Lipinski definition) is 5. The molecule has 1 aromatic heterocycles. The Bertz CT molecular complexity index is 593. The van der Waals surface area contributed by atoms with Gasteiger partial charge in [-0.05, 0) is 24.1 Å². The van der Waals surface area contributed by atoms with Gasteiger partial charge in [-0.1, -0.05) is 30.7 Å². The van der Waals surface area contributed by atoms with Gasteiger partial charge < -0.3 is 14.8 Å². The summed E-state index contributed by atoms with van der Waals surface area (Å²) in [6.07, 6.45) is 2.52. The normalized spacial score (nSPS) is 10.4. The number of halogens is 1. The van der Waals surface area contributed by atoms with Crippen LogP contribution in [0.3, 0.4) is 0 Å². The fourth-order valence-electron chi connectivity index (χ4n) is 1.72. The van der Waals surface area contributed by atoms with Gasteiger partial charge in [0.05, 0.1) is 12.8 Å². The maximum atomic E-state index is 6.08. The van der Waals surface area contributed by atoms with Crippen LogP contribution in [-0.4, -0.2) is 23.6 Å². The Balaban J connectivity index is 2.16. The van der Waals surface area contributed by atoms with Gasteiger partial charge in [-0.15, -0.1) is 0 Å². The van der Waals surface area contributed by atoms with Gasteiger partial charge in [0.25, 0.3) is 0 Å². The summed E-state index contributed by atoms with van der Waals surface area (Å²) in [7, 11) is 1.65. The van der Waals surface area contributed by atoms with Gasteiger partial charge in [0.1, 0.15) is 10.8 Å². The molecule has 6 heteroatoms. The van der Waals surface area contributed by atoms with Crippen LogP contribution in [0.5, 0.6) is 11.6 Å². The Morgan fingerprint density at radius 2 is 2.19 bits per heavy atom. The van der Waals surface area contributed by atoms with Crippen molar-refractivity contribution in [2.45, 2.75) is 20.0 Å². The summed E-state index contributed by atoms with van der Waals surface area (Å²) >= 11 is 6.08. The van der Waals surface area contributed by atoms with E-state index in [-0.39, 0.29) is 0 Å². The zero-order valence-electron chi connectivity index (χ0n) is 12.1. The molecule has 0 radical (unpaired) electrons. The molecule has 0 saturated heterocycles. The topological polar surface area (TPSA) is 56.3 Å².